The zero-order chi connectivity index (χ0) is 52.3. The van der Waals surface area contributed by atoms with E-state index >= 15 is 0 Å². The quantitative estimate of drug-likeness (QED) is 0.0232. The van der Waals surface area contributed by atoms with Crippen LogP contribution in [0.3, 0.4) is 0 Å². The Bertz CT molecular complexity index is 2420. The molecule has 6 aromatic carbocycles. The van der Waals surface area contributed by atoms with Crippen LogP contribution in [0.2, 0.25) is 0 Å². The molecule has 12 heteroatoms. The minimum atomic E-state index is -0.490. The fourth-order valence-corrected chi connectivity index (χ4v) is 7.83. The van der Waals surface area contributed by atoms with Crippen LogP contribution in [0.25, 0.3) is 22.3 Å². The Morgan fingerprint density at radius 1 is 0.338 bits per heavy atom. The van der Waals surface area contributed by atoms with Gasteiger partial charge in [0.2, 0.25) is 0 Å². The second kappa shape index (κ2) is 30.7. The van der Waals surface area contributed by atoms with Crippen molar-refractivity contribution in [3.8, 4) is 45.3 Å². The van der Waals surface area contributed by atoms with Crippen molar-refractivity contribution in [1.82, 2.24) is 0 Å². The molecule has 74 heavy (non-hydrogen) atoms. The number of carbonyl (C=O) groups is 4. The summed E-state index contributed by atoms with van der Waals surface area (Å²) in [7, 11) is 0. The van der Waals surface area contributed by atoms with Gasteiger partial charge in [-0.25, -0.2) is 19.2 Å². The lowest BCUT2D eigenvalue weighted by Gasteiger charge is -2.13. The molecule has 12 nitrogen and oxygen atoms in total. The molecule has 0 bridgehead atoms. The maximum atomic E-state index is 12.9. The Morgan fingerprint density at radius 3 is 0.959 bits per heavy atom. The molecule has 0 saturated carbocycles. The average molecular weight is 1010 g/mol. The van der Waals surface area contributed by atoms with Crippen LogP contribution in [0.4, 0.5) is 0 Å². The van der Waals surface area contributed by atoms with Crippen molar-refractivity contribution in [1.29, 1.82) is 0 Å². The second-order valence-corrected chi connectivity index (χ2v) is 18.1. The van der Waals surface area contributed by atoms with Crippen molar-refractivity contribution in [2.75, 3.05) is 39.6 Å². The fraction of sp³-hybridized carbons (Fsp3) is 0.355. The predicted molar refractivity (Wildman–Crippen MR) is 286 cm³/mol. The number of unbranched alkanes of at least 4 members (excludes halogenated alkanes) is 6. The molecule has 0 spiro atoms. The van der Waals surface area contributed by atoms with Gasteiger partial charge >= 0.3 is 23.9 Å². The van der Waals surface area contributed by atoms with E-state index in [1.807, 2.05) is 62.4 Å². The summed E-state index contributed by atoms with van der Waals surface area (Å²) in [4.78, 5) is 50.9. The van der Waals surface area contributed by atoms with Gasteiger partial charge < -0.3 is 37.9 Å². The maximum absolute atomic E-state index is 12.9. The highest BCUT2D eigenvalue weighted by Gasteiger charge is 2.16. The molecule has 0 radical (unpaired) electrons. The summed E-state index contributed by atoms with van der Waals surface area (Å²) in [6, 6.07) is 42.4. The average Bonchev–Trinajstić information content (AvgIpc) is 3.42. The Labute approximate surface area is 436 Å². The lowest BCUT2D eigenvalue weighted by Crippen LogP contribution is -2.15. The van der Waals surface area contributed by atoms with Gasteiger partial charge in [0.25, 0.3) is 0 Å². The van der Waals surface area contributed by atoms with Gasteiger partial charge in [-0.05, 0) is 159 Å². The Morgan fingerprint density at radius 2 is 0.622 bits per heavy atom. The third kappa shape index (κ3) is 19.0. The van der Waals surface area contributed by atoms with Gasteiger partial charge in [-0.3, -0.25) is 0 Å². The van der Waals surface area contributed by atoms with Gasteiger partial charge in [0.15, 0.2) is 0 Å². The summed E-state index contributed by atoms with van der Waals surface area (Å²) in [5, 5.41) is 0. The van der Waals surface area contributed by atoms with Gasteiger partial charge in [0.05, 0.1) is 60.9 Å². The first-order valence-electron chi connectivity index (χ1n) is 26.0. The summed E-state index contributed by atoms with van der Waals surface area (Å²) < 4.78 is 45.2. The maximum Gasteiger partial charge on any atom is 0.343 e. The minimum absolute atomic E-state index is 0.119. The molecule has 6 aromatic rings. The Kier molecular flexibility index (Phi) is 23.2. The lowest BCUT2D eigenvalue weighted by molar-refractivity contribution is 0.0273. The molecule has 6 rings (SSSR count). The summed E-state index contributed by atoms with van der Waals surface area (Å²) in [6.07, 6.45) is 10.6. The first-order valence-corrected chi connectivity index (χ1v) is 26.0. The largest absolute Gasteiger partial charge is 0.491 e. The second-order valence-electron chi connectivity index (χ2n) is 18.1. The summed E-state index contributed by atoms with van der Waals surface area (Å²) >= 11 is 0. The van der Waals surface area contributed by atoms with Crippen molar-refractivity contribution in [2.45, 2.75) is 104 Å². The van der Waals surface area contributed by atoms with E-state index < -0.39 is 11.9 Å². The van der Waals surface area contributed by atoms with E-state index in [4.69, 9.17) is 37.9 Å². The molecular formula is C62H70O12. The van der Waals surface area contributed by atoms with Gasteiger partial charge in [-0.15, -0.1) is 0 Å². The van der Waals surface area contributed by atoms with Crippen LogP contribution >= 0.6 is 0 Å². The zero-order valence-corrected chi connectivity index (χ0v) is 43.2. The van der Waals surface area contributed by atoms with Crippen molar-refractivity contribution in [3.63, 3.8) is 0 Å². The SMILES string of the molecule is CCCCCC[C@H](C)OC(=O)c1ccc(-c2ccc(OC(=O)c3ccc(OCCOCCOCCOc4ccc(C(=O)Oc5ccc(-c6ccc(C(=O)O[C@@H](C)CCCCCC)cc6)cc5)cc4)cc3)cc2)cc1. The number of rotatable bonds is 31. The highest BCUT2D eigenvalue weighted by Crippen LogP contribution is 2.27. The fourth-order valence-electron chi connectivity index (χ4n) is 7.83. The van der Waals surface area contributed by atoms with Crippen LogP contribution in [0.1, 0.15) is 133 Å². The molecular weight excluding hydrogens is 937 g/mol. The molecule has 0 aliphatic carbocycles. The standard InChI is InChI=1S/C62H70O12/c1-5-7-9-11-13-45(3)71-59(63)51-19-15-47(16-20-51)49-23-35-57(36-24-49)73-61(65)53-27-31-55(32-28-53)69-43-41-67-39-40-68-42-44-70-56-33-29-54(30-34-56)62(66)74-58-37-25-50(26-38-58)48-17-21-52(22-18-48)60(64)72-46(4)14-12-10-8-6-2/h15-38,45-46H,5-14,39-44H2,1-4H3/t45-,46-/m0/s1. The molecule has 0 amide bonds. The molecule has 390 valence electrons. The number of carbonyl (C=O) groups excluding carboxylic acids is 4. The minimum Gasteiger partial charge on any atom is -0.491 e. The topological polar surface area (TPSA) is 142 Å². The van der Waals surface area contributed by atoms with Crippen molar-refractivity contribution >= 4 is 23.9 Å². The molecule has 0 aliphatic rings. The normalized spacial score (nSPS) is 11.8. The van der Waals surface area contributed by atoms with Crippen molar-refractivity contribution in [3.05, 3.63) is 168 Å². The number of esters is 4. The summed E-state index contributed by atoms with van der Waals surface area (Å²) in [6.45, 7) is 10.3. The summed E-state index contributed by atoms with van der Waals surface area (Å²) in [5.41, 5.74) is 5.47. The zero-order valence-electron chi connectivity index (χ0n) is 43.2. The first kappa shape index (κ1) is 56.0. The molecule has 0 unspecified atom stereocenters. The van der Waals surface area contributed by atoms with E-state index in [2.05, 4.69) is 13.8 Å². The molecule has 0 heterocycles. The Hall–Kier alpha value is -7.28. The third-order valence-electron chi connectivity index (χ3n) is 12.1. The Balaban J connectivity index is 0.792. The van der Waals surface area contributed by atoms with E-state index in [0.29, 0.717) is 84.9 Å². The van der Waals surface area contributed by atoms with Crippen molar-refractivity contribution < 1.29 is 57.1 Å². The van der Waals surface area contributed by atoms with E-state index in [9.17, 15) is 19.2 Å². The monoisotopic (exact) mass is 1010 g/mol. The van der Waals surface area contributed by atoms with Gasteiger partial charge in [-0.2, -0.15) is 0 Å². The van der Waals surface area contributed by atoms with E-state index in [1.165, 1.54) is 25.7 Å². The smallest absolute Gasteiger partial charge is 0.343 e. The van der Waals surface area contributed by atoms with Crippen LogP contribution in [0.5, 0.6) is 23.0 Å². The van der Waals surface area contributed by atoms with Crippen LogP contribution in [-0.2, 0) is 18.9 Å². The van der Waals surface area contributed by atoms with Crippen LogP contribution in [-0.4, -0.2) is 75.7 Å². The third-order valence-corrected chi connectivity index (χ3v) is 12.1. The highest BCUT2D eigenvalue weighted by molar-refractivity contribution is 5.93. The first-order chi connectivity index (χ1) is 36.1. The molecule has 0 fully saturated rings. The van der Waals surface area contributed by atoms with Crippen LogP contribution in [0.15, 0.2) is 146 Å². The molecule has 0 saturated heterocycles. The van der Waals surface area contributed by atoms with Crippen molar-refractivity contribution in [2.24, 2.45) is 0 Å². The predicted octanol–water partition coefficient (Wildman–Crippen LogP) is 14.0. The van der Waals surface area contributed by atoms with E-state index in [0.717, 1.165) is 60.8 Å². The highest BCUT2D eigenvalue weighted by atomic mass is 16.6. The number of hydrogen-bond donors (Lipinski definition) is 0. The van der Waals surface area contributed by atoms with Crippen LogP contribution < -0.4 is 18.9 Å². The summed E-state index contributed by atoms with van der Waals surface area (Å²) in [5.74, 6) is 0.383. The number of hydrogen-bond acceptors (Lipinski definition) is 12. The van der Waals surface area contributed by atoms with Gasteiger partial charge in [-0.1, -0.05) is 101 Å². The van der Waals surface area contributed by atoms with Crippen LogP contribution in [0, 0.1) is 0 Å². The number of ether oxygens (including phenoxy) is 8. The molecule has 0 aromatic heterocycles. The number of benzene rings is 6. The lowest BCUT2D eigenvalue weighted by atomic mass is 10.0. The molecule has 0 N–H and O–H groups in total. The van der Waals surface area contributed by atoms with Gasteiger partial charge in [0.1, 0.15) is 36.2 Å². The molecule has 0 aliphatic heterocycles. The van der Waals surface area contributed by atoms with Gasteiger partial charge in [0, 0.05) is 0 Å². The van der Waals surface area contributed by atoms with E-state index in [-0.39, 0.29) is 24.1 Å². The van der Waals surface area contributed by atoms with E-state index in [1.54, 1.807) is 97.1 Å². The molecule has 2 atom stereocenters.